The first-order chi connectivity index (χ1) is 9.82. The molecule has 3 heterocycles. The van der Waals surface area contributed by atoms with Gasteiger partial charge in [-0.25, -0.2) is 4.79 Å². The molecular formula is C14H21N3O4. The number of aliphatic hydroxyl groups excluding tert-OH is 1. The third kappa shape index (κ3) is 1.99. The van der Waals surface area contributed by atoms with Crippen LogP contribution >= 0.6 is 0 Å². The molecule has 4 atom stereocenters. The molecule has 0 bridgehead atoms. The van der Waals surface area contributed by atoms with Crippen LogP contribution in [0.2, 0.25) is 0 Å². The molecule has 7 nitrogen and oxygen atoms in total. The van der Waals surface area contributed by atoms with Crippen LogP contribution in [0.15, 0.2) is 11.3 Å². The van der Waals surface area contributed by atoms with Gasteiger partial charge in [0.15, 0.2) is 0 Å². The van der Waals surface area contributed by atoms with Crippen LogP contribution in [0.1, 0.15) is 13.8 Å². The number of fused-ring (bicyclic) bond motifs is 1. The second kappa shape index (κ2) is 4.79. The average molecular weight is 295 g/mol. The average Bonchev–Trinajstić information content (AvgIpc) is 2.58. The third-order valence-corrected chi connectivity index (χ3v) is 4.90. The van der Waals surface area contributed by atoms with Crippen molar-refractivity contribution in [1.82, 2.24) is 9.80 Å². The van der Waals surface area contributed by atoms with Crippen LogP contribution in [0.5, 0.6) is 0 Å². The highest BCUT2D eigenvalue weighted by atomic mass is 16.4. The van der Waals surface area contributed by atoms with Crippen molar-refractivity contribution in [3.8, 4) is 0 Å². The van der Waals surface area contributed by atoms with Crippen LogP contribution in [-0.2, 0) is 9.59 Å². The molecular weight excluding hydrogens is 274 g/mol. The first kappa shape index (κ1) is 14.5. The number of carbonyl (C=O) groups excluding carboxylic acids is 1. The molecule has 3 rings (SSSR count). The molecule has 0 aromatic rings. The number of carboxylic acid groups (broad SMARTS) is 1. The van der Waals surface area contributed by atoms with Crippen LogP contribution in [0.3, 0.4) is 0 Å². The van der Waals surface area contributed by atoms with Crippen molar-refractivity contribution >= 4 is 11.9 Å². The predicted octanol–water partition coefficient (Wildman–Crippen LogP) is -1.17. The number of aliphatic carboxylic acids is 1. The number of nitrogens with two attached hydrogens (primary N) is 1. The van der Waals surface area contributed by atoms with Crippen molar-refractivity contribution in [3.05, 3.63) is 11.3 Å². The van der Waals surface area contributed by atoms with Gasteiger partial charge in [-0.05, 0) is 12.5 Å². The highest BCUT2D eigenvalue weighted by Gasteiger charge is 2.59. The van der Waals surface area contributed by atoms with E-state index < -0.39 is 18.0 Å². The number of amides is 1. The molecule has 1 amide bonds. The zero-order chi connectivity index (χ0) is 15.5. The van der Waals surface area contributed by atoms with Crippen LogP contribution in [-0.4, -0.2) is 69.7 Å². The molecule has 4 N–H and O–H groups in total. The molecule has 0 aromatic heterocycles. The van der Waals surface area contributed by atoms with Crippen molar-refractivity contribution < 1.29 is 19.8 Å². The largest absolute Gasteiger partial charge is 0.477 e. The number of likely N-dealkylation sites (tertiary alicyclic amines) is 1. The maximum atomic E-state index is 12.1. The molecule has 2 saturated heterocycles. The summed E-state index contributed by atoms with van der Waals surface area (Å²) >= 11 is 0. The predicted molar refractivity (Wildman–Crippen MR) is 74.0 cm³/mol. The second-order valence-electron chi connectivity index (χ2n) is 6.39. The minimum absolute atomic E-state index is 0.0507. The number of β-lactam (4-membered cyclic amide) rings is 1. The first-order valence-electron chi connectivity index (χ1n) is 7.28. The van der Waals surface area contributed by atoms with Crippen LogP contribution in [0.4, 0.5) is 0 Å². The molecule has 21 heavy (non-hydrogen) atoms. The minimum Gasteiger partial charge on any atom is -0.477 e. The molecule has 1 unspecified atom stereocenters. The fraction of sp³-hybridized carbons (Fsp3) is 0.714. The topological polar surface area (TPSA) is 107 Å². The molecule has 3 aliphatic rings. The molecule has 0 radical (unpaired) electrons. The third-order valence-electron chi connectivity index (χ3n) is 4.90. The lowest BCUT2D eigenvalue weighted by molar-refractivity contribution is -0.163. The number of nitrogens with zero attached hydrogens (tertiary/aromatic N) is 2. The maximum absolute atomic E-state index is 12.1. The van der Waals surface area contributed by atoms with Gasteiger partial charge < -0.3 is 20.8 Å². The fourth-order valence-electron chi connectivity index (χ4n) is 3.83. The van der Waals surface area contributed by atoms with Crippen molar-refractivity contribution in [2.24, 2.45) is 17.6 Å². The Morgan fingerprint density at radius 3 is 2.57 bits per heavy atom. The Labute approximate surface area is 123 Å². The van der Waals surface area contributed by atoms with E-state index in [1.807, 2.05) is 6.92 Å². The summed E-state index contributed by atoms with van der Waals surface area (Å²) in [6, 6.07) is -0.0759. The van der Waals surface area contributed by atoms with E-state index in [1.165, 1.54) is 4.90 Å². The molecule has 7 heteroatoms. The maximum Gasteiger partial charge on any atom is 0.352 e. The van der Waals surface area contributed by atoms with E-state index in [0.29, 0.717) is 6.54 Å². The number of rotatable bonds is 4. The van der Waals surface area contributed by atoms with Crippen LogP contribution in [0, 0.1) is 11.8 Å². The lowest BCUT2D eigenvalue weighted by atomic mass is 9.77. The van der Waals surface area contributed by atoms with Gasteiger partial charge in [-0.1, -0.05) is 6.92 Å². The van der Waals surface area contributed by atoms with Crippen molar-refractivity contribution in [1.29, 1.82) is 0 Å². The van der Waals surface area contributed by atoms with E-state index in [1.54, 1.807) is 6.92 Å². The minimum atomic E-state index is -1.07. The van der Waals surface area contributed by atoms with Gasteiger partial charge in [-0.3, -0.25) is 9.69 Å². The van der Waals surface area contributed by atoms with E-state index in [-0.39, 0.29) is 29.6 Å². The summed E-state index contributed by atoms with van der Waals surface area (Å²) in [4.78, 5) is 27.2. The SMILES string of the molecule is C[C@@H](O)C1C(=O)N2C(C(=O)O)=C(CN3CC(N)C3)[C@H](C)[C@H]12. The zero-order valence-corrected chi connectivity index (χ0v) is 12.2. The van der Waals surface area contributed by atoms with Gasteiger partial charge in [0.05, 0.1) is 18.1 Å². The highest BCUT2D eigenvalue weighted by Crippen LogP contribution is 2.47. The quantitative estimate of drug-likeness (QED) is 0.564. The molecule has 116 valence electrons. The number of carbonyl (C=O) groups is 2. The normalized spacial score (nSPS) is 34.6. The lowest BCUT2D eigenvalue weighted by Crippen LogP contribution is -2.63. The number of hydrogen-bond donors (Lipinski definition) is 3. The number of carboxylic acids is 1. The molecule has 2 fully saturated rings. The summed E-state index contributed by atoms with van der Waals surface area (Å²) in [6.07, 6.45) is -0.756. The fourth-order valence-corrected chi connectivity index (χ4v) is 3.83. The highest BCUT2D eigenvalue weighted by molar-refractivity contribution is 6.00. The zero-order valence-electron chi connectivity index (χ0n) is 12.2. The van der Waals surface area contributed by atoms with Gasteiger partial charge in [0.1, 0.15) is 5.70 Å². The molecule has 0 aromatic carbocycles. The summed E-state index contributed by atoms with van der Waals surface area (Å²) in [5.41, 5.74) is 6.63. The summed E-state index contributed by atoms with van der Waals surface area (Å²) < 4.78 is 0. The van der Waals surface area contributed by atoms with Crippen LogP contribution < -0.4 is 5.73 Å². The lowest BCUT2D eigenvalue weighted by Gasteiger charge is -2.46. The van der Waals surface area contributed by atoms with Gasteiger partial charge in [0.25, 0.3) is 0 Å². The standard InChI is InChI=1S/C14H21N3O4/c1-6-9(5-16-3-8(15)4-16)12(14(20)21)17-11(6)10(7(2)18)13(17)19/h6-8,10-11,18H,3-5,15H2,1-2H3,(H,20,21)/t6-,7+,10?,11+/m0/s1. The summed E-state index contributed by atoms with van der Waals surface area (Å²) in [7, 11) is 0. The Morgan fingerprint density at radius 2 is 2.10 bits per heavy atom. The Kier molecular flexibility index (Phi) is 3.31. The van der Waals surface area contributed by atoms with Gasteiger partial charge >= 0.3 is 5.97 Å². The summed E-state index contributed by atoms with van der Waals surface area (Å²) in [6.45, 7) is 5.55. The van der Waals surface area contributed by atoms with Crippen LogP contribution in [0.25, 0.3) is 0 Å². The Bertz CT molecular complexity index is 524. The summed E-state index contributed by atoms with van der Waals surface area (Å²) in [5, 5.41) is 19.2. The van der Waals surface area contributed by atoms with Crippen molar-refractivity contribution in [2.75, 3.05) is 19.6 Å². The summed E-state index contributed by atoms with van der Waals surface area (Å²) in [5.74, 6) is -1.90. The monoisotopic (exact) mass is 295 g/mol. The van der Waals surface area contributed by atoms with E-state index in [2.05, 4.69) is 4.90 Å². The Balaban J connectivity index is 1.86. The molecule has 0 aliphatic carbocycles. The number of aliphatic hydroxyl groups is 1. The van der Waals surface area contributed by atoms with E-state index in [9.17, 15) is 19.8 Å². The van der Waals surface area contributed by atoms with Gasteiger partial charge in [0.2, 0.25) is 5.91 Å². The van der Waals surface area contributed by atoms with Gasteiger partial charge in [0, 0.05) is 31.6 Å². The Hall–Kier alpha value is -1.44. The smallest absolute Gasteiger partial charge is 0.352 e. The first-order valence-corrected chi connectivity index (χ1v) is 7.28. The Morgan fingerprint density at radius 1 is 1.48 bits per heavy atom. The van der Waals surface area contributed by atoms with E-state index >= 15 is 0 Å². The van der Waals surface area contributed by atoms with Gasteiger partial charge in [-0.15, -0.1) is 0 Å². The second-order valence-corrected chi connectivity index (χ2v) is 6.39. The van der Waals surface area contributed by atoms with Crippen molar-refractivity contribution in [2.45, 2.75) is 32.0 Å². The number of hydrogen-bond acceptors (Lipinski definition) is 5. The molecule has 0 spiro atoms. The van der Waals surface area contributed by atoms with Gasteiger partial charge in [-0.2, -0.15) is 0 Å². The molecule has 0 saturated carbocycles. The molecule has 3 aliphatic heterocycles. The van der Waals surface area contributed by atoms with E-state index in [4.69, 9.17) is 5.73 Å². The van der Waals surface area contributed by atoms with E-state index in [0.717, 1.165) is 18.7 Å². The van der Waals surface area contributed by atoms with Crippen molar-refractivity contribution in [3.63, 3.8) is 0 Å².